The van der Waals surface area contributed by atoms with Crippen molar-refractivity contribution >= 4 is 5.69 Å². The van der Waals surface area contributed by atoms with Crippen molar-refractivity contribution in [2.24, 2.45) is 0 Å². The summed E-state index contributed by atoms with van der Waals surface area (Å²) in [6.45, 7) is 2.17. The number of nitrogens with one attached hydrogen (secondary N) is 1. The van der Waals surface area contributed by atoms with Gasteiger partial charge in [0.1, 0.15) is 0 Å². The van der Waals surface area contributed by atoms with Crippen LogP contribution in [0.2, 0.25) is 0 Å². The summed E-state index contributed by atoms with van der Waals surface area (Å²) < 4.78 is 0. The molecular weight excluding hydrogens is 170 g/mol. The fraction of sp³-hybridized carbons (Fsp3) is 0.538. The van der Waals surface area contributed by atoms with Gasteiger partial charge in [0.15, 0.2) is 0 Å². The van der Waals surface area contributed by atoms with Crippen LogP contribution in [0.1, 0.15) is 42.7 Å². The number of rotatable bonds is 0. The van der Waals surface area contributed by atoms with E-state index < -0.39 is 0 Å². The molecular formula is C13H17N. The summed E-state index contributed by atoms with van der Waals surface area (Å²) >= 11 is 0. The fourth-order valence-electron chi connectivity index (χ4n) is 2.99. The van der Waals surface area contributed by atoms with Crippen LogP contribution in [0.5, 0.6) is 0 Å². The highest BCUT2D eigenvalue weighted by atomic mass is 15.0. The second-order valence-electron chi connectivity index (χ2n) is 4.73. The Morgan fingerprint density at radius 2 is 2.07 bits per heavy atom. The smallest absolute Gasteiger partial charge is 0.0381 e. The molecule has 1 heterocycles. The molecule has 0 aromatic heterocycles. The van der Waals surface area contributed by atoms with E-state index in [9.17, 15) is 0 Å². The Hall–Kier alpha value is -0.980. The normalized spacial score (nSPS) is 29.2. The van der Waals surface area contributed by atoms with Gasteiger partial charge in [-0.05, 0) is 37.0 Å². The zero-order chi connectivity index (χ0) is 9.54. The van der Waals surface area contributed by atoms with Crippen molar-refractivity contribution in [3.63, 3.8) is 0 Å². The molecule has 14 heavy (non-hydrogen) atoms. The molecule has 0 spiro atoms. The number of hydrogen-bond donors (Lipinski definition) is 1. The highest BCUT2D eigenvalue weighted by Gasteiger charge is 2.33. The van der Waals surface area contributed by atoms with Crippen LogP contribution in [-0.4, -0.2) is 6.04 Å². The first-order valence-corrected chi connectivity index (χ1v) is 5.72. The van der Waals surface area contributed by atoms with Crippen molar-refractivity contribution in [2.45, 2.75) is 44.6 Å². The first-order valence-electron chi connectivity index (χ1n) is 5.72. The SMILES string of the molecule is Cc1ccc2c(c1)NC1CCCCC21. The highest BCUT2D eigenvalue weighted by Crippen LogP contribution is 2.43. The Balaban J connectivity index is 2.01. The van der Waals surface area contributed by atoms with Crippen molar-refractivity contribution in [1.82, 2.24) is 0 Å². The van der Waals surface area contributed by atoms with E-state index in [-0.39, 0.29) is 0 Å². The molecule has 3 rings (SSSR count). The molecule has 0 radical (unpaired) electrons. The maximum absolute atomic E-state index is 3.68. The number of fused-ring (bicyclic) bond motifs is 3. The van der Waals surface area contributed by atoms with Gasteiger partial charge in [-0.1, -0.05) is 25.0 Å². The number of hydrogen-bond acceptors (Lipinski definition) is 1. The van der Waals surface area contributed by atoms with Crippen LogP contribution in [0.25, 0.3) is 0 Å². The fourth-order valence-corrected chi connectivity index (χ4v) is 2.99. The molecule has 1 aromatic carbocycles. The zero-order valence-electron chi connectivity index (χ0n) is 8.72. The Labute approximate surface area is 85.5 Å². The van der Waals surface area contributed by atoms with Crippen LogP contribution in [0.15, 0.2) is 18.2 Å². The largest absolute Gasteiger partial charge is 0.381 e. The molecule has 74 valence electrons. The third-order valence-electron chi connectivity index (χ3n) is 3.72. The quantitative estimate of drug-likeness (QED) is 0.656. The minimum atomic E-state index is 0.737. The molecule has 1 N–H and O–H groups in total. The van der Waals surface area contributed by atoms with Crippen molar-refractivity contribution in [3.8, 4) is 0 Å². The van der Waals surface area contributed by atoms with E-state index in [1.807, 2.05) is 0 Å². The number of aryl methyl sites for hydroxylation is 1. The van der Waals surface area contributed by atoms with Crippen molar-refractivity contribution < 1.29 is 0 Å². The van der Waals surface area contributed by atoms with Crippen LogP contribution in [0, 0.1) is 6.92 Å². The molecule has 1 aliphatic carbocycles. The molecule has 2 unspecified atom stereocenters. The van der Waals surface area contributed by atoms with Crippen molar-refractivity contribution in [1.29, 1.82) is 0 Å². The van der Waals surface area contributed by atoms with Crippen LogP contribution < -0.4 is 5.32 Å². The standard InChI is InChI=1S/C13H17N/c1-9-6-7-11-10-4-2-3-5-12(10)14-13(11)8-9/h6-8,10,12,14H,2-5H2,1H3. The second-order valence-corrected chi connectivity index (χ2v) is 4.73. The van der Waals surface area contributed by atoms with Gasteiger partial charge in [0.05, 0.1) is 0 Å². The maximum atomic E-state index is 3.68. The first-order chi connectivity index (χ1) is 6.84. The second kappa shape index (κ2) is 3.01. The summed E-state index contributed by atoms with van der Waals surface area (Å²) in [7, 11) is 0. The summed E-state index contributed by atoms with van der Waals surface area (Å²) in [6.07, 6.45) is 5.56. The summed E-state index contributed by atoms with van der Waals surface area (Å²) in [6, 6.07) is 7.61. The van der Waals surface area contributed by atoms with Gasteiger partial charge in [-0.2, -0.15) is 0 Å². The lowest BCUT2D eigenvalue weighted by Crippen LogP contribution is -2.23. The van der Waals surface area contributed by atoms with E-state index in [4.69, 9.17) is 0 Å². The lowest BCUT2D eigenvalue weighted by molar-refractivity contribution is 0.422. The van der Waals surface area contributed by atoms with Crippen LogP contribution in [0.3, 0.4) is 0 Å². The lowest BCUT2D eigenvalue weighted by atomic mass is 9.83. The van der Waals surface area contributed by atoms with E-state index in [2.05, 4.69) is 30.4 Å². The summed E-state index contributed by atoms with van der Waals surface area (Å²) in [5.74, 6) is 0.805. The monoisotopic (exact) mass is 187 g/mol. The van der Waals surface area contributed by atoms with Gasteiger partial charge in [-0.15, -0.1) is 0 Å². The van der Waals surface area contributed by atoms with Crippen LogP contribution in [0.4, 0.5) is 5.69 Å². The minimum Gasteiger partial charge on any atom is -0.381 e. The molecule has 1 aliphatic heterocycles. The zero-order valence-corrected chi connectivity index (χ0v) is 8.72. The van der Waals surface area contributed by atoms with E-state index in [1.54, 1.807) is 5.56 Å². The Morgan fingerprint density at radius 3 is 3.00 bits per heavy atom. The molecule has 0 amide bonds. The van der Waals surface area contributed by atoms with Crippen molar-refractivity contribution in [2.75, 3.05) is 5.32 Å². The highest BCUT2D eigenvalue weighted by molar-refractivity contribution is 5.60. The van der Waals surface area contributed by atoms with Crippen LogP contribution in [-0.2, 0) is 0 Å². The number of benzene rings is 1. The van der Waals surface area contributed by atoms with E-state index in [0.29, 0.717) is 0 Å². The predicted molar refractivity (Wildman–Crippen MR) is 59.8 cm³/mol. The first kappa shape index (κ1) is 8.34. The van der Waals surface area contributed by atoms with Gasteiger partial charge in [0.25, 0.3) is 0 Å². The van der Waals surface area contributed by atoms with Gasteiger partial charge >= 0.3 is 0 Å². The van der Waals surface area contributed by atoms with Crippen molar-refractivity contribution in [3.05, 3.63) is 29.3 Å². The van der Waals surface area contributed by atoms with Gasteiger partial charge in [0, 0.05) is 17.6 Å². The van der Waals surface area contributed by atoms with Gasteiger partial charge in [0.2, 0.25) is 0 Å². The van der Waals surface area contributed by atoms with Gasteiger partial charge < -0.3 is 5.32 Å². The van der Waals surface area contributed by atoms with Crippen LogP contribution >= 0.6 is 0 Å². The number of anilines is 1. The van der Waals surface area contributed by atoms with E-state index in [1.165, 1.54) is 36.9 Å². The summed E-state index contributed by atoms with van der Waals surface area (Å²) in [4.78, 5) is 0. The molecule has 1 saturated carbocycles. The molecule has 2 atom stereocenters. The van der Waals surface area contributed by atoms with Gasteiger partial charge in [-0.25, -0.2) is 0 Å². The minimum absolute atomic E-state index is 0.737. The molecule has 1 heteroatoms. The molecule has 1 aromatic rings. The molecule has 1 nitrogen and oxygen atoms in total. The Bertz CT molecular complexity index is 356. The Kier molecular flexibility index (Phi) is 1.79. The maximum Gasteiger partial charge on any atom is 0.0381 e. The Morgan fingerprint density at radius 1 is 1.21 bits per heavy atom. The molecule has 0 saturated heterocycles. The average molecular weight is 187 g/mol. The average Bonchev–Trinajstić information content (AvgIpc) is 2.54. The molecule has 1 fully saturated rings. The van der Waals surface area contributed by atoms with E-state index in [0.717, 1.165) is 12.0 Å². The van der Waals surface area contributed by atoms with Gasteiger partial charge in [-0.3, -0.25) is 0 Å². The summed E-state index contributed by atoms with van der Waals surface area (Å²) in [5.41, 5.74) is 4.34. The lowest BCUT2D eigenvalue weighted by Gasteiger charge is -2.25. The topological polar surface area (TPSA) is 12.0 Å². The molecule has 0 bridgehead atoms. The van der Waals surface area contributed by atoms with E-state index >= 15 is 0 Å². The summed E-state index contributed by atoms with van der Waals surface area (Å²) in [5, 5.41) is 3.68. The third-order valence-corrected chi connectivity index (χ3v) is 3.72. The molecule has 2 aliphatic rings. The predicted octanol–water partition coefficient (Wildman–Crippen LogP) is 3.45. The third kappa shape index (κ3) is 1.15.